The van der Waals surface area contributed by atoms with E-state index in [1.165, 1.54) is 35.6 Å². The lowest BCUT2D eigenvalue weighted by Crippen LogP contribution is -2.13. The Labute approximate surface area is 139 Å². The second-order valence-corrected chi connectivity index (χ2v) is 6.18. The van der Waals surface area contributed by atoms with Crippen molar-refractivity contribution < 1.29 is 9.72 Å². The molecule has 0 saturated carbocycles. The van der Waals surface area contributed by atoms with Gasteiger partial charge in [0.25, 0.3) is 5.69 Å². The van der Waals surface area contributed by atoms with Crippen LogP contribution in [-0.4, -0.2) is 22.2 Å². The van der Waals surface area contributed by atoms with Gasteiger partial charge in [-0.3, -0.25) is 14.9 Å². The first-order valence-corrected chi connectivity index (χ1v) is 7.80. The first kappa shape index (κ1) is 15.4. The topological polar surface area (TPSA) is 85.1 Å². The number of hydrogen-bond donors (Lipinski definition) is 1. The number of ketones is 1. The first-order valence-electron chi connectivity index (χ1n) is 6.60. The molecular formula is C15H10ClN3O3S. The number of benzene rings is 2. The third-order valence-corrected chi connectivity index (χ3v) is 4.36. The fourth-order valence-electron chi connectivity index (χ4n) is 2.00. The van der Waals surface area contributed by atoms with Crippen LogP contribution in [0, 0.1) is 10.1 Å². The summed E-state index contributed by atoms with van der Waals surface area (Å²) in [6.07, 6.45) is 0. The summed E-state index contributed by atoms with van der Waals surface area (Å²) in [5.41, 5.74) is 1.18. The minimum Gasteiger partial charge on any atom is -0.354 e. The normalized spacial score (nSPS) is 10.7. The van der Waals surface area contributed by atoms with E-state index in [1.807, 2.05) is 12.1 Å². The largest absolute Gasteiger partial charge is 0.354 e. The zero-order valence-corrected chi connectivity index (χ0v) is 13.2. The predicted octanol–water partition coefficient (Wildman–Crippen LogP) is 4.15. The summed E-state index contributed by atoms with van der Waals surface area (Å²) < 4.78 is 0.933. The Morgan fingerprint density at radius 1 is 1.26 bits per heavy atom. The van der Waals surface area contributed by atoms with Crippen molar-refractivity contribution in [3.63, 3.8) is 0 Å². The maximum absolute atomic E-state index is 12.1. The molecule has 0 unspecified atom stereocenters. The minimum atomic E-state index is -0.501. The van der Waals surface area contributed by atoms with Crippen molar-refractivity contribution in [3.8, 4) is 0 Å². The van der Waals surface area contributed by atoms with Gasteiger partial charge in [0, 0.05) is 22.7 Å². The van der Waals surface area contributed by atoms with Crippen molar-refractivity contribution in [1.29, 1.82) is 0 Å². The fourth-order valence-corrected chi connectivity index (χ4v) is 3.14. The van der Waals surface area contributed by atoms with Crippen molar-refractivity contribution in [2.45, 2.75) is 0 Å². The standard InChI is InChI=1S/C15H10ClN3O3S/c16-10-3-6-12-14(7-10)23-15(18-12)17-8-13(20)9-1-4-11(5-2-9)19(21)22/h1-7H,8H2,(H,17,18). The van der Waals surface area contributed by atoms with Crippen LogP contribution in [-0.2, 0) is 0 Å². The van der Waals surface area contributed by atoms with E-state index < -0.39 is 4.92 Å². The Bertz CT molecular complexity index is 893. The molecule has 6 nitrogen and oxygen atoms in total. The van der Waals surface area contributed by atoms with Crippen molar-refractivity contribution in [1.82, 2.24) is 4.98 Å². The van der Waals surface area contributed by atoms with Gasteiger partial charge in [-0.25, -0.2) is 4.98 Å². The molecule has 0 saturated heterocycles. The average Bonchev–Trinajstić information content (AvgIpc) is 2.94. The van der Waals surface area contributed by atoms with E-state index in [2.05, 4.69) is 10.3 Å². The average molecular weight is 348 g/mol. The number of fused-ring (bicyclic) bond motifs is 1. The third-order valence-electron chi connectivity index (χ3n) is 3.15. The molecule has 0 atom stereocenters. The fraction of sp³-hybridized carbons (Fsp3) is 0.0667. The van der Waals surface area contributed by atoms with E-state index in [-0.39, 0.29) is 18.0 Å². The summed E-state index contributed by atoms with van der Waals surface area (Å²) in [6.45, 7) is 0.0609. The van der Waals surface area contributed by atoms with Crippen molar-refractivity contribution in [3.05, 3.63) is 63.2 Å². The Kier molecular flexibility index (Phi) is 4.22. The van der Waals surface area contributed by atoms with Gasteiger partial charge in [0.15, 0.2) is 10.9 Å². The van der Waals surface area contributed by atoms with Crippen LogP contribution in [0.5, 0.6) is 0 Å². The van der Waals surface area contributed by atoms with E-state index in [9.17, 15) is 14.9 Å². The lowest BCUT2D eigenvalue weighted by Gasteiger charge is -2.02. The quantitative estimate of drug-likeness (QED) is 0.425. The number of nitro benzene ring substituents is 1. The van der Waals surface area contributed by atoms with Crippen LogP contribution >= 0.6 is 22.9 Å². The van der Waals surface area contributed by atoms with Crippen molar-refractivity contribution in [2.75, 3.05) is 11.9 Å². The summed E-state index contributed by atoms with van der Waals surface area (Å²) in [6, 6.07) is 10.9. The molecule has 2 aromatic carbocycles. The second kappa shape index (κ2) is 6.31. The molecule has 0 aliphatic heterocycles. The minimum absolute atomic E-state index is 0.0439. The highest BCUT2D eigenvalue weighted by Gasteiger charge is 2.11. The molecule has 1 aromatic heterocycles. The summed E-state index contributed by atoms with van der Waals surface area (Å²) in [4.78, 5) is 26.5. The van der Waals surface area contributed by atoms with E-state index >= 15 is 0 Å². The molecule has 8 heteroatoms. The van der Waals surface area contributed by atoms with Crippen molar-refractivity contribution in [2.24, 2.45) is 0 Å². The zero-order chi connectivity index (χ0) is 16.4. The number of non-ortho nitro benzene ring substituents is 1. The second-order valence-electron chi connectivity index (χ2n) is 4.71. The maximum atomic E-state index is 12.1. The number of aromatic nitrogens is 1. The Morgan fingerprint density at radius 3 is 2.70 bits per heavy atom. The molecule has 1 N–H and O–H groups in total. The molecule has 0 amide bonds. The number of rotatable bonds is 5. The summed E-state index contributed by atoms with van der Waals surface area (Å²) in [7, 11) is 0. The Morgan fingerprint density at radius 2 is 2.00 bits per heavy atom. The number of halogens is 1. The summed E-state index contributed by atoms with van der Waals surface area (Å²) in [5, 5.41) is 14.8. The molecule has 0 spiro atoms. The van der Waals surface area contributed by atoms with Crippen LogP contribution in [0.25, 0.3) is 10.2 Å². The van der Waals surface area contributed by atoms with Crippen LogP contribution in [0.3, 0.4) is 0 Å². The monoisotopic (exact) mass is 347 g/mol. The smallest absolute Gasteiger partial charge is 0.269 e. The Hall–Kier alpha value is -2.51. The SMILES string of the molecule is O=C(CNc1nc2ccc(Cl)cc2s1)c1ccc([N+](=O)[O-])cc1. The molecule has 0 bridgehead atoms. The van der Waals surface area contributed by atoms with Gasteiger partial charge >= 0.3 is 0 Å². The van der Waals surface area contributed by atoms with Gasteiger partial charge in [0.2, 0.25) is 0 Å². The molecule has 0 aliphatic rings. The van der Waals surface area contributed by atoms with Crippen LogP contribution in [0.2, 0.25) is 5.02 Å². The lowest BCUT2D eigenvalue weighted by molar-refractivity contribution is -0.384. The third kappa shape index (κ3) is 3.46. The van der Waals surface area contributed by atoms with Crippen molar-refractivity contribution >= 4 is 49.8 Å². The zero-order valence-electron chi connectivity index (χ0n) is 11.7. The number of carbonyl (C=O) groups is 1. The van der Waals surface area contributed by atoms with Crippen LogP contribution < -0.4 is 5.32 Å². The van der Waals surface area contributed by atoms with E-state index in [0.29, 0.717) is 15.7 Å². The number of nitrogens with one attached hydrogen (secondary N) is 1. The lowest BCUT2D eigenvalue weighted by atomic mass is 10.1. The van der Waals surface area contributed by atoms with Crippen LogP contribution in [0.1, 0.15) is 10.4 Å². The number of carbonyl (C=O) groups excluding carboxylic acids is 1. The van der Waals surface area contributed by atoms with E-state index in [4.69, 9.17) is 11.6 Å². The van der Waals surface area contributed by atoms with Gasteiger partial charge in [-0.05, 0) is 30.3 Å². The van der Waals surface area contributed by atoms with Gasteiger partial charge in [-0.1, -0.05) is 22.9 Å². The molecule has 3 aromatic rings. The molecule has 23 heavy (non-hydrogen) atoms. The van der Waals surface area contributed by atoms with Gasteiger partial charge in [-0.2, -0.15) is 0 Å². The van der Waals surface area contributed by atoms with Gasteiger partial charge in [0.05, 0.1) is 21.7 Å². The number of Topliss-reactive ketones (excluding diaryl/α,β-unsaturated/α-hetero) is 1. The number of thiazole rings is 1. The molecule has 0 fully saturated rings. The highest BCUT2D eigenvalue weighted by atomic mass is 35.5. The highest BCUT2D eigenvalue weighted by Crippen LogP contribution is 2.28. The molecule has 0 radical (unpaired) electrons. The summed E-state index contributed by atoms with van der Waals surface area (Å²) >= 11 is 7.33. The van der Waals surface area contributed by atoms with Gasteiger partial charge in [-0.15, -0.1) is 0 Å². The number of hydrogen-bond acceptors (Lipinski definition) is 6. The predicted molar refractivity (Wildman–Crippen MR) is 90.5 cm³/mol. The number of anilines is 1. The molecule has 3 rings (SSSR count). The van der Waals surface area contributed by atoms with E-state index in [1.54, 1.807) is 6.07 Å². The first-order chi connectivity index (χ1) is 11.0. The summed E-state index contributed by atoms with van der Waals surface area (Å²) in [5.74, 6) is -0.169. The molecule has 1 heterocycles. The van der Waals surface area contributed by atoms with E-state index in [0.717, 1.165) is 10.2 Å². The van der Waals surface area contributed by atoms with Gasteiger partial charge in [0.1, 0.15) is 0 Å². The van der Waals surface area contributed by atoms with Crippen LogP contribution in [0.4, 0.5) is 10.8 Å². The number of nitrogens with zero attached hydrogens (tertiary/aromatic N) is 2. The number of nitro groups is 1. The highest BCUT2D eigenvalue weighted by molar-refractivity contribution is 7.22. The molecular weight excluding hydrogens is 338 g/mol. The van der Waals surface area contributed by atoms with Crippen LogP contribution in [0.15, 0.2) is 42.5 Å². The Balaban J connectivity index is 1.68. The van der Waals surface area contributed by atoms with Gasteiger partial charge < -0.3 is 5.32 Å². The molecule has 0 aliphatic carbocycles. The molecule has 116 valence electrons. The maximum Gasteiger partial charge on any atom is 0.269 e.